The molecule has 130 valence electrons. The second kappa shape index (κ2) is 6.64. The lowest BCUT2D eigenvalue weighted by Crippen LogP contribution is -2.48. The first-order valence-electron chi connectivity index (χ1n) is 7.97. The lowest BCUT2D eigenvalue weighted by Gasteiger charge is -2.34. The van der Waals surface area contributed by atoms with E-state index in [-0.39, 0.29) is 18.7 Å². The molecule has 3 heterocycles. The van der Waals surface area contributed by atoms with Crippen LogP contribution in [0.4, 0.5) is 0 Å². The largest absolute Gasteiger partial charge is 0.480 e. The van der Waals surface area contributed by atoms with Crippen LogP contribution in [-0.4, -0.2) is 42.9 Å². The summed E-state index contributed by atoms with van der Waals surface area (Å²) >= 11 is 1.26. The molecule has 1 aromatic carbocycles. The minimum absolute atomic E-state index is 0.211. The SMILES string of the molecule is O=C(O)[C@@H]1Cc2ccccc2CN1C(=O)c1csc(-c2ncccn2)n1. The van der Waals surface area contributed by atoms with E-state index in [0.717, 1.165) is 11.1 Å². The first kappa shape index (κ1) is 16.3. The Bertz CT molecular complexity index is 973. The molecule has 26 heavy (non-hydrogen) atoms. The molecule has 1 N–H and O–H groups in total. The van der Waals surface area contributed by atoms with Gasteiger partial charge in [0.1, 0.15) is 11.7 Å². The monoisotopic (exact) mass is 366 g/mol. The number of amides is 1. The summed E-state index contributed by atoms with van der Waals surface area (Å²) in [7, 11) is 0. The molecule has 1 amide bonds. The number of hydrogen-bond donors (Lipinski definition) is 1. The highest BCUT2D eigenvalue weighted by Gasteiger charge is 2.35. The molecule has 7 nitrogen and oxygen atoms in total. The van der Waals surface area contributed by atoms with Gasteiger partial charge in [-0.15, -0.1) is 11.3 Å². The average molecular weight is 366 g/mol. The molecule has 2 aromatic heterocycles. The number of aromatic nitrogens is 3. The highest BCUT2D eigenvalue weighted by atomic mass is 32.1. The summed E-state index contributed by atoms with van der Waals surface area (Å²) in [6.45, 7) is 0.251. The maximum atomic E-state index is 12.9. The van der Waals surface area contributed by atoms with Crippen molar-refractivity contribution in [2.75, 3.05) is 0 Å². The zero-order valence-electron chi connectivity index (χ0n) is 13.6. The van der Waals surface area contributed by atoms with E-state index in [4.69, 9.17) is 0 Å². The van der Waals surface area contributed by atoms with Gasteiger partial charge < -0.3 is 10.0 Å². The van der Waals surface area contributed by atoms with Crippen LogP contribution in [0, 0.1) is 0 Å². The molecule has 4 rings (SSSR count). The van der Waals surface area contributed by atoms with Gasteiger partial charge in [0.15, 0.2) is 10.8 Å². The number of carboxylic acids is 1. The summed E-state index contributed by atoms with van der Waals surface area (Å²) in [4.78, 5) is 38.6. The van der Waals surface area contributed by atoms with Crippen molar-refractivity contribution in [1.29, 1.82) is 0 Å². The number of aliphatic carboxylic acids is 1. The molecule has 0 fully saturated rings. The second-order valence-electron chi connectivity index (χ2n) is 5.87. The van der Waals surface area contributed by atoms with Gasteiger partial charge in [-0.05, 0) is 17.2 Å². The molecule has 0 unspecified atom stereocenters. The van der Waals surface area contributed by atoms with Crippen LogP contribution >= 0.6 is 11.3 Å². The smallest absolute Gasteiger partial charge is 0.326 e. The highest BCUT2D eigenvalue weighted by Crippen LogP contribution is 2.27. The fourth-order valence-corrected chi connectivity index (χ4v) is 3.73. The van der Waals surface area contributed by atoms with Crippen molar-refractivity contribution in [1.82, 2.24) is 19.9 Å². The van der Waals surface area contributed by atoms with Crippen molar-refractivity contribution in [2.24, 2.45) is 0 Å². The number of carbonyl (C=O) groups is 2. The molecule has 3 aromatic rings. The van der Waals surface area contributed by atoms with Crippen molar-refractivity contribution >= 4 is 23.2 Å². The number of carbonyl (C=O) groups excluding carboxylic acids is 1. The minimum Gasteiger partial charge on any atom is -0.480 e. The highest BCUT2D eigenvalue weighted by molar-refractivity contribution is 7.13. The summed E-state index contributed by atoms with van der Waals surface area (Å²) in [6, 6.07) is 8.37. The fourth-order valence-electron chi connectivity index (χ4n) is 2.99. The molecule has 0 saturated carbocycles. The molecule has 1 aliphatic heterocycles. The Kier molecular flexibility index (Phi) is 4.18. The van der Waals surface area contributed by atoms with Crippen LogP contribution in [0.5, 0.6) is 0 Å². The molecule has 0 aliphatic carbocycles. The molecular weight excluding hydrogens is 352 g/mol. The van der Waals surface area contributed by atoms with Gasteiger partial charge in [0.05, 0.1) is 0 Å². The second-order valence-corrected chi connectivity index (χ2v) is 6.73. The van der Waals surface area contributed by atoms with Crippen molar-refractivity contribution in [2.45, 2.75) is 19.0 Å². The zero-order valence-corrected chi connectivity index (χ0v) is 14.4. The van der Waals surface area contributed by atoms with E-state index in [1.54, 1.807) is 23.8 Å². The molecule has 8 heteroatoms. The summed E-state index contributed by atoms with van der Waals surface area (Å²) in [6.07, 6.45) is 3.50. The van der Waals surface area contributed by atoms with E-state index in [2.05, 4.69) is 15.0 Å². The van der Waals surface area contributed by atoms with Gasteiger partial charge in [-0.1, -0.05) is 24.3 Å². The Labute approximate surface area is 153 Å². The zero-order chi connectivity index (χ0) is 18.1. The predicted molar refractivity (Wildman–Crippen MR) is 94.6 cm³/mol. The van der Waals surface area contributed by atoms with Crippen LogP contribution < -0.4 is 0 Å². The Balaban J connectivity index is 1.65. The normalized spacial score (nSPS) is 16.2. The number of benzene rings is 1. The predicted octanol–water partition coefficient (Wildman–Crippen LogP) is 2.25. The van der Waals surface area contributed by atoms with Gasteiger partial charge >= 0.3 is 5.97 Å². The maximum Gasteiger partial charge on any atom is 0.326 e. The molecule has 0 bridgehead atoms. The van der Waals surface area contributed by atoms with Crippen LogP contribution in [-0.2, 0) is 17.8 Å². The van der Waals surface area contributed by atoms with E-state index >= 15 is 0 Å². The lowest BCUT2D eigenvalue weighted by molar-refractivity contribution is -0.142. The molecule has 0 spiro atoms. The van der Waals surface area contributed by atoms with Crippen molar-refractivity contribution in [3.05, 3.63) is 64.9 Å². The van der Waals surface area contributed by atoms with Crippen LogP contribution in [0.1, 0.15) is 21.6 Å². The fraction of sp³-hybridized carbons (Fsp3) is 0.167. The first-order valence-corrected chi connectivity index (χ1v) is 8.85. The number of carboxylic acid groups (broad SMARTS) is 1. The third-order valence-corrected chi connectivity index (χ3v) is 5.11. The third-order valence-electron chi connectivity index (χ3n) is 4.27. The molecular formula is C18H14N4O3S. The van der Waals surface area contributed by atoms with E-state index in [0.29, 0.717) is 10.8 Å². The summed E-state index contributed by atoms with van der Waals surface area (Å²) in [5.74, 6) is -0.977. The Morgan fingerprint density at radius 1 is 1.12 bits per heavy atom. The van der Waals surface area contributed by atoms with Gasteiger partial charge in [0.25, 0.3) is 5.91 Å². The van der Waals surface area contributed by atoms with Crippen molar-refractivity contribution in [3.63, 3.8) is 0 Å². The molecule has 1 aliphatic rings. The minimum atomic E-state index is -1.02. The van der Waals surface area contributed by atoms with Crippen LogP contribution in [0.15, 0.2) is 48.1 Å². The summed E-state index contributed by atoms with van der Waals surface area (Å²) in [5.41, 5.74) is 2.13. The standard InChI is InChI=1S/C18H14N4O3S/c23-17(13-10-26-16(21-13)15-19-6-3-7-20-15)22-9-12-5-2-1-4-11(12)8-14(22)18(24)25/h1-7,10,14H,8-9H2,(H,24,25)/t14-/m0/s1. The van der Waals surface area contributed by atoms with Gasteiger partial charge in [-0.3, -0.25) is 4.79 Å². The van der Waals surface area contributed by atoms with Crippen molar-refractivity contribution in [3.8, 4) is 10.8 Å². The van der Waals surface area contributed by atoms with Gasteiger partial charge in [-0.2, -0.15) is 0 Å². The molecule has 0 saturated heterocycles. The number of rotatable bonds is 3. The Hall–Kier alpha value is -3.13. The first-order chi connectivity index (χ1) is 12.6. The van der Waals surface area contributed by atoms with E-state index in [1.165, 1.54) is 16.2 Å². The van der Waals surface area contributed by atoms with Crippen LogP contribution in [0.3, 0.4) is 0 Å². The van der Waals surface area contributed by atoms with Crippen LogP contribution in [0.25, 0.3) is 10.8 Å². The van der Waals surface area contributed by atoms with E-state index < -0.39 is 17.9 Å². The lowest BCUT2D eigenvalue weighted by atomic mass is 9.94. The summed E-state index contributed by atoms with van der Waals surface area (Å²) < 4.78 is 0. The number of thiazole rings is 1. The number of fused-ring (bicyclic) bond motifs is 1. The van der Waals surface area contributed by atoms with Crippen LogP contribution in [0.2, 0.25) is 0 Å². The quantitative estimate of drug-likeness (QED) is 0.764. The van der Waals surface area contributed by atoms with Gasteiger partial charge in [0, 0.05) is 30.7 Å². The third kappa shape index (κ3) is 2.95. The van der Waals surface area contributed by atoms with Gasteiger partial charge in [0.2, 0.25) is 0 Å². The average Bonchev–Trinajstić information content (AvgIpc) is 3.17. The van der Waals surface area contributed by atoms with Crippen molar-refractivity contribution < 1.29 is 14.7 Å². The molecule has 0 radical (unpaired) electrons. The Morgan fingerprint density at radius 3 is 2.58 bits per heavy atom. The molecule has 1 atom stereocenters. The summed E-state index contributed by atoms with van der Waals surface area (Å²) in [5, 5.41) is 11.7. The Morgan fingerprint density at radius 2 is 1.85 bits per heavy atom. The number of hydrogen-bond acceptors (Lipinski definition) is 6. The van der Waals surface area contributed by atoms with E-state index in [1.807, 2.05) is 24.3 Å². The van der Waals surface area contributed by atoms with Gasteiger partial charge in [-0.25, -0.2) is 19.7 Å². The van der Waals surface area contributed by atoms with E-state index in [9.17, 15) is 14.7 Å². The maximum absolute atomic E-state index is 12.9. The number of nitrogens with zero attached hydrogens (tertiary/aromatic N) is 4. The topological polar surface area (TPSA) is 96.3 Å².